The number of hydrogen-bond acceptors (Lipinski definition) is 3. The monoisotopic (exact) mass is 285 g/mol. The Labute approximate surface area is 121 Å². The maximum Gasteiger partial charge on any atom is 0.314 e. The number of aromatic nitrogens is 2. The van der Waals surface area contributed by atoms with Crippen molar-refractivity contribution in [2.45, 2.75) is 25.2 Å². The van der Waals surface area contributed by atoms with Crippen molar-refractivity contribution in [3.8, 4) is 0 Å². The second-order valence-electron chi connectivity index (χ2n) is 5.33. The maximum absolute atomic E-state index is 12.0. The van der Waals surface area contributed by atoms with E-state index in [4.69, 9.17) is 0 Å². The van der Waals surface area contributed by atoms with Gasteiger partial charge in [0.05, 0.1) is 17.2 Å². The number of aryl methyl sites for hydroxylation is 1. The number of carbonyl (C=O) groups excluding carboxylic acids is 1. The van der Waals surface area contributed by atoms with E-state index >= 15 is 0 Å². The lowest BCUT2D eigenvalue weighted by atomic mass is 9.96. The molecule has 0 spiro atoms. The van der Waals surface area contributed by atoms with E-state index in [2.05, 4.69) is 15.5 Å². The van der Waals surface area contributed by atoms with Crippen LogP contribution in [0.3, 0.4) is 0 Å². The van der Waals surface area contributed by atoms with Gasteiger partial charge in [0.2, 0.25) is 0 Å². The number of anilines is 1. The molecule has 6 heteroatoms. The number of rotatable bonds is 4. The number of carboxylic acids is 1. The molecule has 0 saturated heterocycles. The molecule has 0 bridgehead atoms. The van der Waals surface area contributed by atoms with E-state index in [9.17, 15) is 14.7 Å². The van der Waals surface area contributed by atoms with E-state index in [1.165, 1.54) is 6.20 Å². The van der Waals surface area contributed by atoms with Crippen molar-refractivity contribution in [3.05, 3.63) is 47.3 Å². The summed E-state index contributed by atoms with van der Waals surface area (Å²) in [5, 5.41) is 18.5. The van der Waals surface area contributed by atoms with Gasteiger partial charge in [-0.15, -0.1) is 0 Å². The normalized spacial score (nSPS) is 15.5. The molecule has 0 radical (unpaired) electrons. The highest BCUT2D eigenvalue weighted by atomic mass is 16.4. The number of aromatic amines is 1. The maximum atomic E-state index is 12.0. The van der Waals surface area contributed by atoms with E-state index in [1.54, 1.807) is 31.2 Å². The summed E-state index contributed by atoms with van der Waals surface area (Å²) >= 11 is 0. The molecule has 0 atom stereocenters. The van der Waals surface area contributed by atoms with Gasteiger partial charge in [-0.05, 0) is 37.5 Å². The van der Waals surface area contributed by atoms with Gasteiger partial charge in [0.15, 0.2) is 0 Å². The Morgan fingerprint density at radius 2 is 1.95 bits per heavy atom. The SMILES string of the molecule is Cc1[nH]ncc1C(=O)Nc1ccc(C2(C(=O)O)CC2)cc1. The smallest absolute Gasteiger partial charge is 0.314 e. The summed E-state index contributed by atoms with van der Waals surface area (Å²) in [6.45, 7) is 1.77. The fourth-order valence-corrected chi connectivity index (χ4v) is 2.40. The number of nitrogens with one attached hydrogen (secondary N) is 2. The Kier molecular flexibility index (Phi) is 3.01. The number of carbonyl (C=O) groups is 2. The first-order valence-electron chi connectivity index (χ1n) is 6.68. The first kappa shape index (κ1) is 13.4. The fraction of sp³-hybridized carbons (Fsp3) is 0.267. The van der Waals surface area contributed by atoms with E-state index in [0.717, 1.165) is 5.56 Å². The second kappa shape index (κ2) is 4.73. The average molecular weight is 285 g/mol. The highest BCUT2D eigenvalue weighted by Crippen LogP contribution is 2.48. The van der Waals surface area contributed by atoms with Gasteiger partial charge in [-0.3, -0.25) is 14.7 Å². The van der Waals surface area contributed by atoms with E-state index in [-0.39, 0.29) is 5.91 Å². The third-order valence-corrected chi connectivity index (χ3v) is 3.93. The quantitative estimate of drug-likeness (QED) is 0.801. The van der Waals surface area contributed by atoms with Crippen molar-refractivity contribution in [2.24, 2.45) is 0 Å². The average Bonchev–Trinajstić information content (AvgIpc) is 3.16. The molecule has 1 saturated carbocycles. The molecule has 6 nitrogen and oxygen atoms in total. The largest absolute Gasteiger partial charge is 0.481 e. The van der Waals surface area contributed by atoms with Crippen LogP contribution < -0.4 is 5.32 Å². The van der Waals surface area contributed by atoms with Crippen LogP contribution in [0.1, 0.15) is 34.5 Å². The van der Waals surface area contributed by atoms with Crippen molar-refractivity contribution in [3.63, 3.8) is 0 Å². The first-order valence-corrected chi connectivity index (χ1v) is 6.68. The molecule has 1 heterocycles. The fourth-order valence-electron chi connectivity index (χ4n) is 2.40. The summed E-state index contributed by atoms with van der Waals surface area (Å²) in [6, 6.07) is 6.98. The Hall–Kier alpha value is -2.63. The number of H-pyrrole nitrogens is 1. The van der Waals surface area contributed by atoms with Gasteiger partial charge < -0.3 is 10.4 Å². The molecule has 1 fully saturated rings. The van der Waals surface area contributed by atoms with Crippen molar-refractivity contribution in [1.29, 1.82) is 0 Å². The summed E-state index contributed by atoms with van der Waals surface area (Å²) in [5.41, 5.74) is 1.89. The van der Waals surface area contributed by atoms with E-state index in [1.807, 2.05) is 0 Å². The molecule has 21 heavy (non-hydrogen) atoms. The Morgan fingerprint density at radius 1 is 1.29 bits per heavy atom. The molecular formula is C15H15N3O3. The van der Waals surface area contributed by atoms with Crippen LogP contribution in [0.15, 0.2) is 30.5 Å². The highest BCUT2D eigenvalue weighted by Gasteiger charge is 2.51. The van der Waals surface area contributed by atoms with Gasteiger partial charge in [-0.1, -0.05) is 12.1 Å². The molecule has 1 aliphatic carbocycles. The molecule has 1 aliphatic rings. The van der Waals surface area contributed by atoms with Gasteiger partial charge in [-0.25, -0.2) is 0 Å². The minimum Gasteiger partial charge on any atom is -0.481 e. The summed E-state index contributed by atoms with van der Waals surface area (Å²) in [7, 11) is 0. The van der Waals surface area contributed by atoms with Crippen molar-refractivity contribution >= 4 is 17.6 Å². The molecule has 108 valence electrons. The minimum atomic E-state index is -0.784. The number of benzene rings is 1. The zero-order chi connectivity index (χ0) is 15.0. The zero-order valence-corrected chi connectivity index (χ0v) is 11.5. The van der Waals surface area contributed by atoms with Crippen LogP contribution in [0, 0.1) is 6.92 Å². The number of nitrogens with zero attached hydrogens (tertiary/aromatic N) is 1. The van der Waals surface area contributed by atoms with Gasteiger partial charge in [0, 0.05) is 11.4 Å². The third-order valence-electron chi connectivity index (χ3n) is 3.93. The van der Waals surface area contributed by atoms with Crippen LogP contribution in [0.2, 0.25) is 0 Å². The van der Waals surface area contributed by atoms with Gasteiger partial charge in [0.1, 0.15) is 0 Å². The molecule has 0 unspecified atom stereocenters. The Morgan fingerprint density at radius 3 is 2.43 bits per heavy atom. The Balaban J connectivity index is 1.75. The summed E-state index contributed by atoms with van der Waals surface area (Å²) in [6.07, 6.45) is 2.81. The third kappa shape index (κ3) is 2.29. The van der Waals surface area contributed by atoms with Crippen LogP contribution >= 0.6 is 0 Å². The summed E-state index contributed by atoms with van der Waals surface area (Å²) in [4.78, 5) is 23.3. The number of amides is 1. The topological polar surface area (TPSA) is 95.1 Å². The lowest BCUT2D eigenvalue weighted by molar-refractivity contribution is -0.140. The lowest BCUT2D eigenvalue weighted by Gasteiger charge is -2.11. The van der Waals surface area contributed by atoms with Crippen LogP contribution in [-0.2, 0) is 10.2 Å². The summed E-state index contributed by atoms with van der Waals surface area (Å²) < 4.78 is 0. The van der Waals surface area contributed by atoms with Crippen molar-refractivity contribution in [1.82, 2.24) is 10.2 Å². The molecule has 0 aliphatic heterocycles. The highest BCUT2D eigenvalue weighted by molar-refractivity contribution is 6.04. The number of carboxylic acid groups (broad SMARTS) is 1. The predicted octanol–water partition coefficient (Wildman–Crippen LogP) is 2.09. The van der Waals surface area contributed by atoms with Crippen LogP contribution in [-0.4, -0.2) is 27.2 Å². The minimum absolute atomic E-state index is 0.242. The number of hydrogen-bond donors (Lipinski definition) is 3. The lowest BCUT2D eigenvalue weighted by Crippen LogP contribution is -2.19. The zero-order valence-electron chi connectivity index (χ0n) is 11.5. The first-order chi connectivity index (χ1) is 10.0. The molecule has 1 amide bonds. The molecule has 3 N–H and O–H groups in total. The molecule has 2 aromatic rings. The molecule has 1 aromatic carbocycles. The Bertz CT molecular complexity index is 699. The predicted molar refractivity (Wildman–Crippen MR) is 76.3 cm³/mol. The second-order valence-corrected chi connectivity index (χ2v) is 5.33. The van der Waals surface area contributed by atoms with Crippen molar-refractivity contribution in [2.75, 3.05) is 5.32 Å². The molecule has 1 aromatic heterocycles. The summed E-state index contributed by atoms with van der Waals surface area (Å²) in [5.74, 6) is -1.03. The van der Waals surface area contributed by atoms with Gasteiger partial charge in [-0.2, -0.15) is 5.10 Å². The van der Waals surface area contributed by atoms with Crippen LogP contribution in [0.5, 0.6) is 0 Å². The van der Waals surface area contributed by atoms with Crippen LogP contribution in [0.4, 0.5) is 5.69 Å². The van der Waals surface area contributed by atoms with Gasteiger partial charge >= 0.3 is 5.97 Å². The molecule has 3 rings (SSSR count). The standard InChI is InChI=1S/C15H15N3O3/c1-9-12(8-16-18-9)13(19)17-11-4-2-10(3-5-11)15(6-7-15)14(20)21/h2-5,8H,6-7H2,1H3,(H,16,18)(H,17,19)(H,20,21). The van der Waals surface area contributed by atoms with E-state index < -0.39 is 11.4 Å². The number of aliphatic carboxylic acids is 1. The van der Waals surface area contributed by atoms with Gasteiger partial charge in [0.25, 0.3) is 5.91 Å². The van der Waals surface area contributed by atoms with Crippen LogP contribution in [0.25, 0.3) is 0 Å². The van der Waals surface area contributed by atoms with E-state index in [0.29, 0.717) is 29.8 Å². The van der Waals surface area contributed by atoms with Crippen molar-refractivity contribution < 1.29 is 14.7 Å². The molecular weight excluding hydrogens is 270 g/mol.